The lowest BCUT2D eigenvalue weighted by molar-refractivity contribution is -0.134. The largest absolute Gasteiger partial charge is 0.356 e. The maximum Gasteiger partial charge on any atom is 0.237 e. The van der Waals surface area contributed by atoms with Crippen LogP contribution in [0.1, 0.15) is 24.0 Å². The zero-order valence-corrected chi connectivity index (χ0v) is 16.2. The molecule has 1 heterocycles. The summed E-state index contributed by atoms with van der Waals surface area (Å²) < 4.78 is 27.5. The zero-order chi connectivity index (χ0) is 20.6. The molecule has 29 heavy (non-hydrogen) atoms. The number of nitrogens with one attached hydrogen (secondary N) is 2. The molecule has 0 saturated carbocycles. The SMILES string of the molecule is O=C(C[C@H]1C(=O)NCCN1Cc1cccc(F)c1F)NCCCc1ccccc1. The lowest BCUT2D eigenvalue weighted by atomic mass is 10.1. The number of nitrogens with zero attached hydrogens (tertiary/aromatic N) is 1. The first kappa shape index (κ1) is 20.9. The van der Waals surface area contributed by atoms with Crippen molar-refractivity contribution in [2.24, 2.45) is 0 Å². The number of hydrogen-bond donors (Lipinski definition) is 2. The fraction of sp³-hybridized carbons (Fsp3) is 0.364. The van der Waals surface area contributed by atoms with E-state index >= 15 is 0 Å². The Labute approximate surface area is 169 Å². The second-order valence-electron chi connectivity index (χ2n) is 7.13. The van der Waals surface area contributed by atoms with Crippen molar-refractivity contribution >= 4 is 11.8 Å². The normalized spacial score (nSPS) is 17.0. The van der Waals surface area contributed by atoms with E-state index in [0.717, 1.165) is 18.9 Å². The third-order valence-corrected chi connectivity index (χ3v) is 5.03. The molecule has 1 aliphatic rings. The third-order valence-electron chi connectivity index (χ3n) is 5.03. The fourth-order valence-corrected chi connectivity index (χ4v) is 3.48. The average molecular weight is 401 g/mol. The van der Waals surface area contributed by atoms with Gasteiger partial charge in [0, 0.05) is 31.7 Å². The number of piperazine rings is 1. The number of hydrogen-bond acceptors (Lipinski definition) is 3. The molecule has 154 valence electrons. The molecule has 0 radical (unpaired) electrons. The van der Waals surface area contributed by atoms with Crippen molar-refractivity contribution in [3.05, 3.63) is 71.3 Å². The van der Waals surface area contributed by atoms with E-state index in [1.807, 2.05) is 30.3 Å². The summed E-state index contributed by atoms with van der Waals surface area (Å²) >= 11 is 0. The van der Waals surface area contributed by atoms with Gasteiger partial charge >= 0.3 is 0 Å². The van der Waals surface area contributed by atoms with E-state index < -0.39 is 17.7 Å². The molecule has 7 heteroatoms. The summed E-state index contributed by atoms with van der Waals surface area (Å²) in [4.78, 5) is 26.4. The molecule has 1 fully saturated rings. The zero-order valence-electron chi connectivity index (χ0n) is 16.2. The van der Waals surface area contributed by atoms with Crippen LogP contribution in [0.4, 0.5) is 8.78 Å². The van der Waals surface area contributed by atoms with E-state index in [0.29, 0.717) is 19.6 Å². The molecule has 0 spiro atoms. The Hall–Kier alpha value is -2.80. The van der Waals surface area contributed by atoms with Gasteiger partial charge in [-0.25, -0.2) is 8.78 Å². The first-order valence-corrected chi connectivity index (χ1v) is 9.80. The molecule has 0 bridgehead atoms. The van der Waals surface area contributed by atoms with Crippen molar-refractivity contribution in [2.75, 3.05) is 19.6 Å². The lowest BCUT2D eigenvalue weighted by Crippen LogP contribution is -2.56. The molecule has 2 amide bonds. The van der Waals surface area contributed by atoms with Gasteiger partial charge in [0.05, 0.1) is 12.5 Å². The highest BCUT2D eigenvalue weighted by Gasteiger charge is 2.32. The number of carbonyl (C=O) groups is 2. The van der Waals surface area contributed by atoms with Crippen LogP contribution >= 0.6 is 0 Å². The molecule has 3 rings (SSSR count). The van der Waals surface area contributed by atoms with Crippen molar-refractivity contribution < 1.29 is 18.4 Å². The molecule has 0 unspecified atom stereocenters. The Morgan fingerprint density at radius 1 is 1.14 bits per heavy atom. The summed E-state index contributed by atoms with van der Waals surface area (Å²) in [5.74, 6) is -2.34. The van der Waals surface area contributed by atoms with E-state index in [4.69, 9.17) is 0 Å². The monoisotopic (exact) mass is 401 g/mol. The van der Waals surface area contributed by atoms with Gasteiger partial charge in [-0.3, -0.25) is 14.5 Å². The first-order valence-electron chi connectivity index (χ1n) is 9.80. The maximum atomic E-state index is 14.0. The number of aryl methyl sites for hydroxylation is 1. The molecule has 1 atom stereocenters. The molecule has 2 N–H and O–H groups in total. The molecule has 1 aliphatic heterocycles. The summed E-state index contributed by atoms with van der Waals surface area (Å²) in [5, 5.41) is 5.59. The average Bonchev–Trinajstić information content (AvgIpc) is 2.72. The van der Waals surface area contributed by atoms with Crippen LogP contribution in [0, 0.1) is 11.6 Å². The van der Waals surface area contributed by atoms with Gasteiger partial charge < -0.3 is 10.6 Å². The maximum absolute atomic E-state index is 14.0. The van der Waals surface area contributed by atoms with Gasteiger partial charge in [0.2, 0.25) is 11.8 Å². The van der Waals surface area contributed by atoms with Gasteiger partial charge in [0.25, 0.3) is 0 Å². The standard InChI is InChI=1S/C22H25F2N3O2/c23-18-10-4-9-17(21(18)24)15-27-13-12-26-22(29)19(27)14-20(28)25-11-5-8-16-6-2-1-3-7-16/h1-4,6-7,9-10,19H,5,8,11-15H2,(H,25,28)(H,26,29)/t19-/m0/s1. The highest BCUT2D eigenvalue weighted by atomic mass is 19.2. The van der Waals surface area contributed by atoms with Crippen LogP contribution in [0.5, 0.6) is 0 Å². The molecular formula is C22H25F2N3O2. The Morgan fingerprint density at radius 2 is 1.93 bits per heavy atom. The minimum absolute atomic E-state index is 0.0197. The van der Waals surface area contributed by atoms with E-state index in [-0.39, 0.29) is 30.3 Å². The Bertz CT molecular complexity index is 845. The second-order valence-corrected chi connectivity index (χ2v) is 7.13. The summed E-state index contributed by atoms with van der Waals surface area (Å²) in [5.41, 5.74) is 1.38. The summed E-state index contributed by atoms with van der Waals surface area (Å²) in [6, 6.07) is 13.3. The van der Waals surface area contributed by atoms with Crippen molar-refractivity contribution in [3.8, 4) is 0 Å². The van der Waals surface area contributed by atoms with Gasteiger partial charge in [0.15, 0.2) is 11.6 Å². The van der Waals surface area contributed by atoms with Crippen LogP contribution in [0.3, 0.4) is 0 Å². The summed E-state index contributed by atoms with van der Waals surface area (Å²) in [7, 11) is 0. The Kier molecular flexibility index (Phi) is 7.30. The van der Waals surface area contributed by atoms with E-state index in [9.17, 15) is 18.4 Å². The van der Waals surface area contributed by atoms with Crippen LogP contribution in [0.15, 0.2) is 48.5 Å². The second kappa shape index (κ2) is 10.1. The third kappa shape index (κ3) is 5.84. The van der Waals surface area contributed by atoms with Gasteiger partial charge in [-0.05, 0) is 24.5 Å². The number of carbonyl (C=O) groups excluding carboxylic acids is 2. The molecular weight excluding hydrogens is 376 g/mol. The minimum atomic E-state index is -0.920. The van der Waals surface area contributed by atoms with Gasteiger partial charge in [-0.15, -0.1) is 0 Å². The molecule has 0 aromatic heterocycles. The first-order chi connectivity index (χ1) is 14.0. The van der Waals surface area contributed by atoms with Crippen molar-refractivity contribution in [3.63, 3.8) is 0 Å². The van der Waals surface area contributed by atoms with Crippen LogP contribution in [-0.4, -0.2) is 42.4 Å². The Morgan fingerprint density at radius 3 is 2.72 bits per heavy atom. The number of rotatable bonds is 8. The minimum Gasteiger partial charge on any atom is -0.356 e. The van der Waals surface area contributed by atoms with Gasteiger partial charge in [-0.2, -0.15) is 0 Å². The highest BCUT2D eigenvalue weighted by Crippen LogP contribution is 2.18. The quantitative estimate of drug-likeness (QED) is 0.668. The summed E-state index contributed by atoms with van der Waals surface area (Å²) in [6.07, 6.45) is 1.63. The molecule has 0 aliphatic carbocycles. The predicted molar refractivity (Wildman–Crippen MR) is 106 cm³/mol. The van der Waals surface area contributed by atoms with E-state index in [1.54, 1.807) is 4.90 Å². The van der Waals surface area contributed by atoms with E-state index in [1.165, 1.54) is 17.7 Å². The highest BCUT2D eigenvalue weighted by molar-refractivity contribution is 5.88. The lowest BCUT2D eigenvalue weighted by Gasteiger charge is -2.34. The van der Waals surface area contributed by atoms with Crippen LogP contribution < -0.4 is 10.6 Å². The number of halogens is 2. The topological polar surface area (TPSA) is 61.4 Å². The van der Waals surface area contributed by atoms with Crippen molar-refractivity contribution in [1.82, 2.24) is 15.5 Å². The number of amides is 2. The predicted octanol–water partition coefficient (Wildman–Crippen LogP) is 2.40. The fourth-order valence-electron chi connectivity index (χ4n) is 3.48. The van der Waals surface area contributed by atoms with E-state index in [2.05, 4.69) is 10.6 Å². The van der Waals surface area contributed by atoms with Crippen LogP contribution in [0.25, 0.3) is 0 Å². The van der Waals surface area contributed by atoms with Crippen LogP contribution in [-0.2, 0) is 22.6 Å². The van der Waals surface area contributed by atoms with Gasteiger partial charge in [0.1, 0.15) is 0 Å². The molecule has 5 nitrogen and oxygen atoms in total. The summed E-state index contributed by atoms with van der Waals surface area (Å²) in [6.45, 7) is 1.46. The molecule has 2 aromatic rings. The van der Waals surface area contributed by atoms with Gasteiger partial charge in [-0.1, -0.05) is 42.5 Å². The molecule has 2 aromatic carbocycles. The smallest absolute Gasteiger partial charge is 0.237 e. The Balaban J connectivity index is 1.52. The van der Waals surface area contributed by atoms with Crippen molar-refractivity contribution in [2.45, 2.75) is 31.8 Å². The van der Waals surface area contributed by atoms with Crippen LogP contribution in [0.2, 0.25) is 0 Å². The van der Waals surface area contributed by atoms with Crippen molar-refractivity contribution in [1.29, 1.82) is 0 Å². The molecule has 1 saturated heterocycles. The number of benzene rings is 2.